The zero-order chi connectivity index (χ0) is 23.7. The average Bonchev–Trinajstić information content (AvgIpc) is 3.19. The van der Waals surface area contributed by atoms with E-state index >= 15 is 0 Å². The van der Waals surface area contributed by atoms with Crippen molar-refractivity contribution in [2.45, 2.75) is 26.7 Å². The molecule has 0 spiro atoms. The van der Waals surface area contributed by atoms with Crippen molar-refractivity contribution in [3.8, 4) is 23.0 Å². The minimum absolute atomic E-state index is 0.0484. The summed E-state index contributed by atoms with van der Waals surface area (Å²) in [5.74, 6) is -1.01. The molecule has 0 saturated heterocycles. The number of ether oxygens (including phenoxy) is 1. The van der Waals surface area contributed by atoms with Crippen LogP contribution in [0.2, 0.25) is 0 Å². The van der Waals surface area contributed by atoms with Crippen molar-refractivity contribution in [1.29, 1.82) is 0 Å². The largest absolute Gasteiger partial charge is 0.494 e. The second kappa shape index (κ2) is 9.01. The van der Waals surface area contributed by atoms with Gasteiger partial charge in [-0.25, -0.2) is 32.2 Å². The summed E-state index contributed by atoms with van der Waals surface area (Å²) in [7, 11) is 1.38. The lowest BCUT2D eigenvalue weighted by Gasteiger charge is -2.10. The smallest absolute Gasteiger partial charge is 0.283 e. The molecule has 4 rings (SSSR count). The minimum atomic E-state index is -3.08. The van der Waals surface area contributed by atoms with Crippen LogP contribution in [-0.2, 0) is 6.42 Å². The predicted molar refractivity (Wildman–Crippen MR) is 115 cm³/mol. The number of aryl methyl sites for hydroxylation is 2. The van der Waals surface area contributed by atoms with E-state index in [9.17, 15) is 17.6 Å². The van der Waals surface area contributed by atoms with Crippen LogP contribution >= 0.6 is 0 Å². The highest BCUT2D eigenvalue weighted by atomic mass is 19.3. The van der Waals surface area contributed by atoms with Crippen LogP contribution in [0.15, 0.2) is 48.5 Å². The van der Waals surface area contributed by atoms with Crippen LogP contribution in [-0.4, -0.2) is 26.9 Å². The molecule has 5 nitrogen and oxygen atoms in total. The van der Waals surface area contributed by atoms with Crippen molar-refractivity contribution in [3.05, 3.63) is 88.4 Å². The van der Waals surface area contributed by atoms with Crippen LogP contribution in [0.3, 0.4) is 0 Å². The van der Waals surface area contributed by atoms with Gasteiger partial charge < -0.3 is 4.74 Å². The second-order valence-electron chi connectivity index (χ2n) is 7.56. The summed E-state index contributed by atoms with van der Waals surface area (Å²) in [6.45, 7) is 3.78. The molecule has 0 atom stereocenters. The van der Waals surface area contributed by atoms with E-state index in [1.54, 1.807) is 6.07 Å². The van der Waals surface area contributed by atoms with Crippen molar-refractivity contribution in [3.63, 3.8) is 0 Å². The van der Waals surface area contributed by atoms with Gasteiger partial charge >= 0.3 is 0 Å². The maximum Gasteiger partial charge on any atom is 0.283 e. The molecular formula is C24H20F4N4O. The van der Waals surface area contributed by atoms with E-state index in [2.05, 4.69) is 15.1 Å². The monoisotopic (exact) mass is 456 g/mol. The summed E-state index contributed by atoms with van der Waals surface area (Å²) >= 11 is 0. The summed E-state index contributed by atoms with van der Waals surface area (Å²) in [5, 5.41) is 4.55. The fourth-order valence-corrected chi connectivity index (χ4v) is 3.45. The Balaban J connectivity index is 1.84. The Morgan fingerprint density at radius 1 is 0.939 bits per heavy atom. The van der Waals surface area contributed by atoms with Crippen LogP contribution < -0.4 is 4.74 Å². The van der Waals surface area contributed by atoms with E-state index in [1.165, 1.54) is 30.0 Å². The lowest BCUT2D eigenvalue weighted by Crippen LogP contribution is -2.05. The molecule has 0 saturated carbocycles. The van der Waals surface area contributed by atoms with Crippen LogP contribution in [0.4, 0.5) is 17.6 Å². The molecular weight excluding hydrogens is 436 g/mol. The maximum atomic E-state index is 14.1. The van der Waals surface area contributed by atoms with E-state index in [0.717, 1.165) is 17.2 Å². The van der Waals surface area contributed by atoms with Crippen molar-refractivity contribution < 1.29 is 22.3 Å². The third-order valence-electron chi connectivity index (χ3n) is 5.13. The first kappa shape index (κ1) is 22.4. The quantitative estimate of drug-likeness (QED) is 0.346. The van der Waals surface area contributed by atoms with Crippen LogP contribution in [0.5, 0.6) is 5.75 Å². The van der Waals surface area contributed by atoms with Gasteiger partial charge in [-0.05, 0) is 60.9 Å². The molecule has 0 N–H and O–H groups in total. The average molecular weight is 456 g/mol. The van der Waals surface area contributed by atoms with Crippen LogP contribution in [0.1, 0.15) is 34.6 Å². The molecule has 33 heavy (non-hydrogen) atoms. The van der Waals surface area contributed by atoms with Gasteiger partial charge in [0.2, 0.25) is 0 Å². The summed E-state index contributed by atoms with van der Waals surface area (Å²) in [5.41, 5.74) is 2.18. The Hall–Kier alpha value is -3.75. The SMILES string of the molecule is COc1ccc(Cc2nc(-c3ccc(F)c(C(F)F)n3)n(-c3cc(C)ccc3C)n2)cc1F. The van der Waals surface area contributed by atoms with Gasteiger partial charge in [0.05, 0.1) is 12.8 Å². The number of halogens is 4. The first-order valence-electron chi connectivity index (χ1n) is 10.1. The molecule has 0 radical (unpaired) electrons. The Morgan fingerprint density at radius 3 is 2.42 bits per heavy atom. The molecule has 0 aliphatic carbocycles. The molecule has 0 amide bonds. The van der Waals surface area contributed by atoms with E-state index in [-0.39, 0.29) is 23.7 Å². The summed E-state index contributed by atoms with van der Waals surface area (Å²) in [6.07, 6.45) is -2.90. The number of nitrogens with zero attached hydrogens (tertiary/aromatic N) is 4. The lowest BCUT2D eigenvalue weighted by atomic mass is 10.1. The number of aromatic nitrogens is 4. The number of hydrogen-bond acceptors (Lipinski definition) is 4. The van der Waals surface area contributed by atoms with E-state index in [0.29, 0.717) is 17.1 Å². The standard InChI is InChI=1S/C24H20F4N4O/c1-13-4-5-14(2)19(10-13)32-24(18-8-7-16(25)22(29-18)23(27)28)30-21(31-32)12-15-6-9-20(33-3)17(26)11-15/h4-11,23H,12H2,1-3H3. The molecule has 4 aromatic rings. The highest BCUT2D eigenvalue weighted by Crippen LogP contribution is 2.27. The Morgan fingerprint density at radius 2 is 1.73 bits per heavy atom. The van der Waals surface area contributed by atoms with Gasteiger partial charge in [-0.15, -0.1) is 0 Å². The number of methoxy groups -OCH3 is 1. The van der Waals surface area contributed by atoms with Crippen molar-refractivity contribution in [2.24, 2.45) is 0 Å². The Kier molecular flexibility index (Phi) is 6.13. The minimum Gasteiger partial charge on any atom is -0.494 e. The van der Waals surface area contributed by atoms with Crippen LogP contribution in [0.25, 0.3) is 17.2 Å². The number of benzene rings is 2. The Bertz CT molecular complexity index is 1320. The first-order valence-corrected chi connectivity index (χ1v) is 10.1. The highest BCUT2D eigenvalue weighted by Gasteiger charge is 2.21. The van der Waals surface area contributed by atoms with Gasteiger partial charge in [-0.1, -0.05) is 18.2 Å². The molecule has 0 aliphatic rings. The number of hydrogen-bond donors (Lipinski definition) is 0. The van der Waals surface area contributed by atoms with Gasteiger partial charge in [-0.3, -0.25) is 0 Å². The lowest BCUT2D eigenvalue weighted by molar-refractivity contribution is 0.140. The van der Waals surface area contributed by atoms with E-state index in [1.807, 2.05) is 32.0 Å². The molecule has 9 heteroatoms. The predicted octanol–water partition coefficient (Wildman–Crippen LogP) is 5.76. The number of alkyl halides is 2. The van der Waals surface area contributed by atoms with Gasteiger partial charge in [0.1, 0.15) is 11.4 Å². The van der Waals surface area contributed by atoms with E-state index < -0.39 is 23.8 Å². The summed E-state index contributed by atoms with van der Waals surface area (Å²) in [6, 6.07) is 12.4. The van der Waals surface area contributed by atoms with Gasteiger partial charge in [-0.2, -0.15) is 5.10 Å². The van der Waals surface area contributed by atoms with Gasteiger partial charge in [0.25, 0.3) is 6.43 Å². The molecule has 2 aromatic carbocycles. The highest BCUT2D eigenvalue weighted by molar-refractivity contribution is 5.56. The second-order valence-corrected chi connectivity index (χ2v) is 7.56. The van der Waals surface area contributed by atoms with Gasteiger partial charge in [0.15, 0.2) is 29.0 Å². The normalized spacial score (nSPS) is 11.3. The molecule has 0 aliphatic heterocycles. The van der Waals surface area contributed by atoms with Crippen molar-refractivity contribution >= 4 is 0 Å². The molecule has 2 heterocycles. The van der Waals surface area contributed by atoms with Crippen molar-refractivity contribution in [2.75, 3.05) is 7.11 Å². The molecule has 0 fully saturated rings. The first-order chi connectivity index (χ1) is 15.8. The fraction of sp³-hybridized carbons (Fsp3) is 0.208. The van der Waals surface area contributed by atoms with Gasteiger partial charge in [0, 0.05) is 6.42 Å². The molecule has 0 bridgehead atoms. The topological polar surface area (TPSA) is 52.8 Å². The molecule has 2 aromatic heterocycles. The van der Waals surface area contributed by atoms with Crippen molar-refractivity contribution in [1.82, 2.24) is 19.7 Å². The zero-order valence-corrected chi connectivity index (χ0v) is 18.1. The zero-order valence-electron chi connectivity index (χ0n) is 18.1. The fourth-order valence-electron chi connectivity index (χ4n) is 3.45. The summed E-state index contributed by atoms with van der Waals surface area (Å²) in [4.78, 5) is 8.31. The number of pyridine rings is 1. The number of rotatable bonds is 6. The van der Waals surface area contributed by atoms with E-state index in [4.69, 9.17) is 4.74 Å². The maximum absolute atomic E-state index is 14.1. The van der Waals surface area contributed by atoms with Crippen LogP contribution in [0, 0.1) is 25.5 Å². The molecule has 0 unspecified atom stereocenters. The molecule has 170 valence electrons. The third kappa shape index (κ3) is 4.57. The third-order valence-corrected chi connectivity index (χ3v) is 5.13. The Labute approximate surface area is 187 Å². The summed E-state index contributed by atoms with van der Waals surface area (Å²) < 4.78 is 60.9.